The van der Waals surface area contributed by atoms with Gasteiger partial charge in [0.1, 0.15) is 42.9 Å². The van der Waals surface area contributed by atoms with Crippen LogP contribution in [0.5, 0.6) is 17.2 Å². The van der Waals surface area contributed by atoms with Crippen LogP contribution in [0.25, 0.3) is 11.0 Å². The monoisotopic (exact) mass is 609 g/mol. The highest BCUT2D eigenvalue weighted by atomic mass is 35.5. The summed E-state index contributed by atoms with van der Waals surface area (Å²) < 4.78 is 20.0. The predicted molar refractivity (Wildman–Crippen MR) is 162 cm³/mol. The van der Waals surface area contributed by atoms with Crippen molar-refractivity contribution in [1.82, 2.24) is 14.5 Å². The van der Waals surface area contributed by atoms with E-state index in [4.69, 9.17) is 35.9 Å². The van der Waals surface area contributed by atoms with E-state index in [1.165, 1.54) is 0 Å². The van der Waals surface area contributed by atoms with E-state index in [0.29, 0.717) is 36.2 Å². The zero-order valence-electron chi connectivity index (χ0n) is 22.6. The van der Waals surface area contributed by atoms with Crippen LogP contribution in [0.1, 0.15) is 23.4 Å². The lowest BCUT2D eigenvalue weighted by molar-refractivity contribution is -0.136. The molecule has 1 aromatic heterocycles. The fourth-order valence-corrected chi connectivity index (χ4v) is 4.01. The molecule has 8 nitrogen and oxygen atoms in total. The number of hydrogen-bond acceptors (Lipinski definition) is 6. The number of aliphatic carboxylic acids is 1. The van der Waals surface area contributed by atoms with Crippen LogP contribution in [0.3, 0.4) is 0 Å². The highest BCUT2D eigenvalue weighted by Crippen LogP contribution is 2.28. The number of aryl methyl sites for hydroxylation is 2. The molecule has 0 spiro atoms. The molecule has 0 saturated carbocycles. The SMILES string of the molecule is CN(C)CCOc1ccc2nc(COc3ccc(CCC(=O)O)c(OCc4ccc(Cl)cc4)c3)n(C)c2c1.Cl.Cl. The number of rotatable bonds is 13. The van der Waals surface area contributed by atoms with E-state index in [1.807, 2.05) is 68.2 Å². The minimum Gasteiger partial charge on any atom is -0.492 e. The van der Waals surface area contributed by atoms with E-state index in [0.717, 1.165) is 40.3 Å². The van der Waals surface area contributed by atoms with Crippen LogP contribution in [0.2, 0.25) is 5.02 Å². The number of benzene rings is 3. The predicted octanol–water partition coefficient (Wildman–Crippen LogP) is 6.19. The molecule has 0 amide bonds. The molecule has 0 atom stereocenters. The van der Waals surface area contributed by atoms with Crippen LogP contribution < -0.4 is 14.2 Å². The minimum atomic E-state index is -0.859. The first kappa shape index (κ1) is 33.0. The van der Waals surface area contributed by atoms with Gasteiger partial charge in [0, 0.05) is 37.2 Å². The molecule has 3 aromatic carbocycles. The number of likely N-dealkylation sites (N-methyl/N-ethyl adjacent to an activating group) is 1. The molecule has 0 saturated heterocycles. The third kappa shape index (κ3) is 9.20. The molecule has 40 heavy (non-hydrogen) atoms. The Morgan fingerprint density at radius 2 is 1.65 bits per heavy atom. The van der Waals surface area contributed by atoms with E-state index in [-0.39, 0.29) is 37.8 Å². The number of halogens is 3. The number of carboxylic acids is 1. The molecule has 4 aromatic rings. The zero-order chi connectivity index (χ0) is 27.1. The molecule has 1 N–H and O–H groups in total. The van der Waals surface area contributed by atoms with Crippen molar-refractivity contribution in [3.05, 3.63) is 82.6 Å². The fraction of sp³-hybridized carbons (Fsp3) is 0.310. The number of fused-ring (bicyclic) bond motifs is 1. The average molecular weight is 611 g/mol. The summed E-state index contributed by atoms with van der Waals surface area (Å²) in [6.45, 7) is 2.03. The maximum Gasteiger partial charge on any atom is 0.303 e. The van der Waals surface area contributed by atoms with Gasteiger partial charge in [0.05, 0.1) is 11.0 Å². The van der Waals surface area contributed by atoms with Gasteiger partial charge in [0.2, 0.25) is 0 Å². The van der Waals surface area contributed by atoms with Gasteiger partial charge in [-0.15, -0.1) is 24.8 Å². The van der Waals surface area contributed by atoms with Gasteiger partial charge in [-0.25, -0.2) is 4.98 Å². The van der Waals surface area contributed by atoms with Crippen molar-refractivity contribution in [2.45, 2.75) is 26.1 Å². The van der Waals surface area contributed by atoms with Gasteiger partial charge in [0.15, 0.2) is 0 Å². The lowest BCUT2D eigenvalue weighted by Crippen LogP contribution is -2.19. The molecule has 0 unspecified atom stereocenters. The topological polar surface area (TPSA) is 86.1 Å². The van der Waals surface area contributed by atoms with Crippen LogP contribution in [0.4, 0.5) is 0 Å². The Morgan fingerprint density at radius 3 is 2.35 bits per heavy atom. The molecule has 0 fully saturated rings. The first-order valence-electron chi connectivity index (χ1n) is 12.4. The summed E-state index contributed by atoms with van der Waals surface area (Å²) >= 11 is 5.98. The van der Waals surface area contributed by atoms with Gasteiger partial charge in [-0.05, 0) is 62.0 Å². The Morgan fingerprint density at radius 1 is 0.950 bits per heavy atom. The number of carbonyl (C=O) groups is 1. The quantitative estimate of drug-likeness (QED) is 0.193. The third-order valence-electron chi connectivity index (χ3n) is 6.07. The maximum absolute atomic E-state index is 11.1. The fourth-order valence-electron chi connectivity index (χ4n) is 3.88. The summed E-state index contributed by atoms with van der Waals surface area (Å²) in [6, 6.07) is 18.7. The molecule has 0 aliphatic carbocycles. The molecule has 216 valence electrons. The second kappa shape index (κ2) is 15.6. The second-order valence-electron chi connectivity index (χ2n) is 9.26. The van der Waals surface area contributed by atoms with Gasteiger partial charge < -0.3 is 28.8 Å². The molecular weight excluding hydrogens is 577 g/mol. The smallest absolute Gasteiger partial charge is 0.303 e. The Bertz CT molecular complexity index is 1390. The van der Waals surface area contributed by atoms with Gasteiger partial charge in [-0.1, -0.05) is 29.8 Å². The molecule has 0 aliphatic rings. The number of imidazole rings is 1. The molecule has 1 heterocycles. The van der Waals surface area contributed by atoms with E-state index >= 15 is 0 Å². The Labute approximate surface area is 251 Å². The lowest BCUT2D eigenvalue weighted by Gasteiger charge is -2.14. The van der Waals surface area contributed by atoms with E-state index in [1.54, 1.807) is 18.2 Å². The summed E-state index contributed by atoms with van der Waals surface area (Å²) in [7, 11) is 5.98. The highest BCUT2D eigenvalue weighted by Gasteiger charge is 2.13. The molecule has 4 rings (SSSR count). The van der Waals surface area contributed by atoms with Gasteiger partial charge >= 0.3 is 5.97 Å². The summed E-state index contributed by atoms with van der Waals surface area (Å²) in [4.78, 5) is 17.9. The maximum atomic E-state index is 11.1. The molecule has 11 heteroatoms. The van der Waals surface area contributed by atoms with E-state index in [9.17, 15) is 4.79 Å². The van der Waals surface area contributed by atoms with Crippen LogP contribution >= 0.6 is 36.4 Å². The van der Waals surface area contributed by atoms with Gasteiger partial charge in [-0.3, -0.25) is 4.79 Å². The minimum absolute atomic E-state index is 0. The van der Waals surface area contributed by atoms with Crippen molar-refractivity contribution in [2.24, 2.45) is 7.05 Å². The van der Waals surface area contributed by atoms with Crippen LogP contribution in [0.15, 0.2) is 60.7 Å². The summed E-state index contributed by atoms with van der Waals surface area (Å²) in [5.74, 6) is 1.90. The summed E-state index contributed by atoms with van der Waals surface area (Å²) in [5, 5.41) is 9.79. The van der Waals surface area contributed by atoms with Crippen LogP contribution in [0, 0.1) is 0 Å². The molecule has 0 radical (unpaired) electrons. The zero-order valence-corrected chi connectivity index (χ0v) is 25.0. The van der Waals surface area contributed by atoms with Crippen molar-refractivity contribution in [1.29, 1.82) is 0 Å². The van der Waals surface area contributed by atoms with Crippen LogP contribution in [-0.4, -0.2) is 52.8 Å². The van der Waals surface area contributed by atoms with Crippen molar-refractivity contribution < 1.29 is 24.1 Å². The third-order valence-corrected chi connectivity index (χ3v) is 6.33. The number of hydrogen-bond donors (Lipinski definition) is 1. The first-order valence-corrected chi connectivity index (χ1v) is 12.7. The molecular formula is C29H34Cl3N3O5. The van der Waals surface area contributed by atoms with Crippen molar-refractivity contribution in [3.8, 4) is 17.2 Å². The average Bonchev–Trinajstić information content (AvgIpc) is 3.21. The number of aromatic nitrogens is 2. The number of nitrogens with zero attached hydrogens (tertiary/aromatic N) is 3. The first-order chi connectivity index (χ1) is 18.3. The lowest BCUT2D eigenvalue weighted by atomic mass is 10.1. The molecule has 0 bridgehead atoms. The number of ether oxygens (including phenoxy) is 3. The van der Waals surface area contributed by atoms with Gasteiger partial charge in [0.25, 0.3) is 0 Å². The molecule has 0 aliphatic heterocycles. The Hall–Kier alpha value is -3.17. The standard InChI is InChI=1S/C29H32ClN3O5.2ClH/c1-32(2)14-15-36-23-11-12-25-26(16-23)33(3)28(31-25)19-37-24-10-6-21(7-13-29(34)35)27(17-24)38-18-20-4-8-22(30)9-5-20;;/h4-6,8-12,16-17H,7,13-15,18-19H2,1-3H3,(H,34,35);2*1H. The van der Waals surface area contributed by atoms with Crippen LogP contribution in [-0.2, 0) is 31.5 Å². The van der Waals surface area contributed by atoms with Crippen molar-refractivity contribution >= 4 is 53.4 Å². The highest BCUT2D eigenvalue weighted by molar-refractivity contribution is 6.30. The Kier molecular flexibility index (Phi) is 12.9. The largest absolute Gasteiger partial charge is 0.492 e. The van der Waals surface area contributed by atoms with Crippen molar-refractivity contribution in [2.75, 3.05) is 27.2 Å². The van der Waals surface area contributed by atoms with Gasteiger partial charge in [-0.2, -0.15) is 0 Å². The summed E-state index contributed by atoms with van der Waals surface area (Å²) in [6.07, 6.45) is 0.369. The van der Waals surface area contributed by atoms with Crippen molar-refractivity contribution in [3.63, 3.8) is 0 Å². The van der Waals surface area contributed by atoms with E-state index < -0.39 is 5.97 Å². The second-order valence-corrected chi connectivity index (χ2v) is 9.69. The van der Waals surface area contributed by atoms with E-state index in [2.05, 4.69) is 4.90 Å². The number of carboxylic acid groups (broad SMARTS) is 1. The Balaban J connectivity index is 0.00000280. The summed E-state index contributed by atoms with van der Waals surface area (Å²) in [5.41, 5.74) is 3.58. The normalized spacial score (nSPS) is 10.6.